The van der Waals surface area contributed by atoms with Crippen LogP contribution in [0.3, 0.4) is 0 Å². The number of hydrogen-bond acceptors (Lipinski definition) is 4. The molecule has 19 heavy (non-hydrogen) atoms. The van der Waals surface area contributed by atoms with Gasteiger partial charge in [-0.15, -0.1) is 0 Å². The molecule has 1 aliphatic rings. The standard InChI is InChI=1S/C12H14FN3O3/c13-9-3-2-8(16(18)19)6-10(9)15-11(17)7-12(14)4-1-5-12/h2-3,6H,1,4-5,7,14H2,(H,15,17). The minimum atomic E-state index is -0.710. The van der Waals surface area contributed by atoms with Crippen molar-refractivity contribution < 1.29 is 14.1 Å². The number of amides is 1. The van der Waals surface area contributed by atoms with Gasteiger partial charge in [0.15, 0.2) is 0 Å². The van der Waals surface area contributed by atoms with Gasteiger partial charge in [0.2, 0.25) is 5.91 Å². The Morgan fingerprint density at radius 1 is 1.53 bits per heavy atom. The van der Waals surface area contributed by atoms with Crippen LogP contribution in [0.25, 0.3) is 0 Å². The predicted octanol–water partition coefficient (Wildman–Crippen LogP) is 1.94. The number of carbonyl (C=O) groups excluding carboxylic acids is 1. The maximum absolute atomic E-state index is 13.5. The van der Waals surface area contributed by atoms with Crippen LogP contribution < -0.4 is 11.1 Å². The highest BCUT2D eigenvalue weighted by atomic mass is 19.1. The highest BCUT2D eigenvalue weighted by molar-refractivity contribution is 5.92. The molecule has 0 unspecified atom stereocenters. The molecule has 0 aliphatic heterocycles. The smallest absolute Gasteiger partial charge is 0.271 e. The third-order valence-corrected chi connectivity index (χ3v) is 3.30. The summed E-state index contributed by atoms with van der Waals surface area (Å²) in [5.74, 6) is -1.14. The van der Waals surface area contributed by atoms with Crippen molar-refractivity contribution in [2.45, 2.75) is 31.2 Å². The maximum atomic E-state index is 13.5. The number of benzene rings is 1. The van der Waals surface area contributed by atoms with Gasteiger partial charge in [0, 0.05) is 24.1 Å². The fourth-order valence-electron chi connectivity index (χ4n) is 2.04. The van der Waals surface area contributed by atoms with E-state index in [-0.39, 0.29) is 17.8 Å². The van der Waals surface area contributed by atoms with E-state index < -0.39 is 22.2 Å². The summed E-state index contributed by atoms with van der Waals surface area (Å²) in [6, 6.07) is 2.99. The summed E-state index contributed by atoms with van der Waals surface area (Å²) < 4.78 is 13.5. The number of nitro groups is 1. The molecule has 2 rings (SSSR count). The van der Waals surface area contributed by atoms with Crippen LogP contribution in [-0.2, 0) is 4.79 Å². The van der Waals surface area contributed by atoms with Gasteiger partial charge in [-0.1, -0.05) is 0 Å². The Bertz CT molecular complexity index is 529. The zero-order valence-electron chi connectivity index (χ0n) is 10.2. The van der Waals surface area contributed by atoms with Gasteiger partial charge in [-0.3, -0.25) is 14.9 Å². The number of nitrogens with two attached hydrogens (primary N) is 1. The Morgan fingerprint density at radius 2 is 2.21 bits per heavy atom. The van der Waals surface area contributed by atoms with Gasteiger partial charge in [0.05, 0.1) is 10.6 Å². The van der Waals surface area contributed by atoms with Gasteiger partial charge in [-0.25, -0.2) is 4.39 Å². The molecule has 7 heteroatoms. The van der Waals surface area contributed by atoms with E-state index in [1.54, 1.807) is 0 Å². The van der Waals surface area contributed by atoms with Gasteiger partial charge in [-0.05, 0) is 25.3 Å². The molecule has 0 radical (unpaired) electrons. The highest BCUT2D eigenvalue weighted by Crippen LogP contribution is 2.32. The van der Waals surface area contributed by atoms with Crippen LogP contribution in [0.2, 0.25) is 0 Å². The Labute approximate surface area is 108 Å². The first-order chi connectivity index (χ1) is 8.89. The Kier molecular flexibility index (Phi) is 3.48. The summed E-state index contributed by atoms with van der Waals surface area (Å²) in [6.45, 7) is 0. The topological polar surface area (TPSA) is 98.3 Å². The van der Waals surface area contributed by atoms with Crippen LogP contribution >= 0.6 is 0 Å². The molecule has 102 valence electrons. The van der Waals surface area contributed by atoms with Gasteiger partial charge in [-0.2, -0.15) is 0 Å². The number of nitrogens with one attached hydrogen (secondary N) is 1. The van der Waals surface area contributed by atoms with E-state index in [0.717, 1.165) is 37.5 Å². The second-order valence-electron chi connectivity index (χ2n) is 4.86. The lowest BCUT2D eigenvalue weighted by Gasteiger charge is -2.37. The lowest BCUT2D eigenvalue weighted by Crippen LogP contribution is -2.48. The average molecular weight is 267 g/mol. The molecule has 0 spiro atoms. The van der Waals surface area contributed by atoms with Crippen molar-refractivity contribution in [3.05, 3.63) is 34.1 Å². The Balaban J connectivity index is 2.07. The summed E-state index contributed by atoms with van der Waals surface area (Å²) in [4.78, 5) is 21.7. The van der Waals surface area contributed by atoms with Crippen molar-refractivity contribution in [1.29, 1.82) is 0 Å². The normalized spacial score (nSPS) is 16.5. The quantitative estimate of drug-likeness (QED) is 0.643. The third-order valence-electron chi connectivity index (χ3n) is 3.30. The number of non-ortho nitro benzene ring substituents is 1. The van der Waals surface area contributed by atoms with E-state index in [0.29, 0.717) is 0 Å². The minimum absolute atomic E-state index is 0.0924. The molecule has 1 fully saturated rings. The van der Waals surface area contributed by atoms with Crippen molar-refractivity contribution in [2.24, 2.45) is 5.73 Å². The number of nitrogens with zero attached hydrogens (tertiary/aromatic N) is 1. The molecule has 3 N–H and O–H groups in total. The summed E-state index contributed by atoms with van der Waals surface area (Å²) >= 11 is 0. The van der Waals surface area contributed by atoms with E-state index >= 15 is 0 Å². The molecule has 1 aromatic carbocycles. The predicted molar refractivity (Wildman–Crippen MR) is 67.1 cm³/mol. The van der Waals surface area contributed by atoms with Crippen molar-refractivity contribution >= 4 is 17.3 Å². The molecular formula is C12H14FN3O3. The molecule has 6 nitrogen and oxygen atoms in total. The SMILES string of the molecule is NC1(CC(=O)Nc2cc([N+](=O)[O-])ccc2F)CCC1. The summed E-state index contributed by atoms with van der Waals surface area (Å²) in [5.41, 5.74) is 4.93. The fraction of sp³-hybridized carbons (Fsp3) is 0.417. The number of carbonyl (C=O) groups is 1. The molecule has 1 aromatic rings. The van der Waals surface area contributed by atoms with E-state index in [1.807, 2.05) is 0 Å². The number of anilines is 1. The maximum Gasteiger partial charge on any atom is 0.271 e. The van der Waals surface area contributed by atoms with Crippen molar-refractivity contribution in [3.8, 4) is 0 Å². The first-order valence-electron chi connectivity index (χ1n) is 5.92. The molecule has 0 aromatic heterocycles. The molecular weight excluding hydrogens is 253 g/mol. The first-order valence-corrected chi connectivity index (χ1v) is 5.92. The van der Waals surface area contributed by atoms with Crippen LogP contribution in [0.5, 0.6) is 0 Å². The molecule has 1 saturated carbocycles. The molecule has 0 heterocycles. The van der Waals surface area contributed by atoms with Gasteiger partial charge < -0.3 is 11.1 Å². The number of rotatable bonds is 4. The van der Waals surface area contributed by atoms with Crippen molar-refractivity contribution in [3.63, 3.8) is 0 Å². The van der Waals surface area contributed by atoms with Crippen molar-refractivity contribution in [1.82, 2.24) is 0 Å². The Hall–Kier alpha value is -2.02. The largest absolute Gasteiger partial charge is 0.325 e. The minimum Gasteiger partial charge on any atom is -0.325 e. The molecule has 0 bridgehead atoms. The second-order valence-corrected chi connectivity index (χ2v) is 4.86. The second kappa shape index (κ2) is 4.93. The monoisotopic (exact) mass is 267 g/mol. The summed E-state index contributed by atoms with van der Waals surface area (Å²) in [5, 5.41) is 12.9. The van der Waals surface area contributed by atoms with E-state index in [2.05, 4.69) is 5.32 Å². The fourth-order valence-corrected chi connectivity index (χ4v) is 2.04. The van der Waals surface area contributed by atoms with Gasteiger partial charge in [0.25, 0.3) is 5.69 Å². The van der Waals surface area contributed by atoms with Gasteiger partial charge >= 0.3 is 0 Å². The van der Waals surface area contributed by atoms with Crippen LogP contribution in [-0.4, -0.2) is 16.4 Å². The van der Waals surface area contributed by atoms with Crippen LogP contribution in [0, 0.1) is 15.9 Å². The first kappa shape index (κ1) is 13.4. The zero-order valence-corrected chi connectivity index (χ0v) is 10.2. The Morgan fingerprint density at radius 3 is 2.74 bits per heavy atom. The molecule has 0 saturated heterocycles. The lowest BCUT2D eigenvalue weighted by molar-refractivity contribution is -0.384. The highest BCUT2D eigenvalue weighted by Gasteiger charge is 2.34. The van der Waals surface area contributed by atoms with E-state index in [1.165, 1.54) is 0 Å². The van der Waals surface area contributed by atoms with Crippen LogP contribution in [0.4, 0.5) is 15.8 Å². The summed E-state index contributed by atoms with van der Waals surface area (Å²) in [7, 11) is 0. The number of hydrogen-bond donors (Lipinski definition) is 2. The van der Waals surface area contributed by atoms with E-state index in [4.69, 9.17) is 5.73 Å². The summed E-state index contributed by atoms with van der Waals surface area (Å²) in [6.07, 6.45) is 2.60. The zero-order chi connectivity index (χ0) is 14.0. The number of nitro benzene ring substituents is 1. The molecule has 1 aliphatic carbocycles. The van der Waals surface area contributed by atoms with Crippen LogP contribution in [0.15, 0.2) is 18.2 Å². The van der Waals surface area contributed by atoms with Crippen molar-refractivity contribution in [2.75, 3.05) is 5.32 Å². The van der Waals surface area contributed by atoms with Crippen LogP contribution in [0.1, 0.15) is 25.7 Å². The van der Waals surface area contributed by atoms with E-state index in [9.17, 15) is 19.3 Å². The molecule has 1 amide bonds. The average Bonchev–Trinajstić information content (AvgIpc) is 2.29. The lowest BCUT2D eigenvalue weighted by atomic mass is 9.75. The van der Waals surface area contributed by atoms with Gasteiger partial charge in [0.1, 0.15) is 5.82 Å². The third kappa shape index (κ3) is 3.05. The number of halogens is 1. The molecule has 0 atom stereocenters.